The third-order valence-electron chi connectivity index (χ3n) is 4.90. The Morgan fingerprint density at radius 2 is 1.64 bits per heavy atom. The van der Waals surface area contributed by atoms with Gasteiger partial charge in [0.15, 0.2) is 0 Å². The van der Waals surface area contributed by atoms with Crippen molar-refractivity contribution in [2.45, 2.75) is 16.7 Å². The van der Waals surface area contributed by atoms with Crippen LogP contribution in [-0.2, 0) is 0 Å². The minimum absolute atomic E-state index is 0.810. The van der Waals surface area contributed by atoms with Crippen molar-refractivity contribution in [2.75, 3.05) is 25.0 Å². The lowest BCUT2D eigenvalue weighted by Crippen LogP contribution is -2.20. The predicted octanol–water partition coefficient (Wildman–Crippen LogP) is 6.10. The topological polar surface area (TPSA) is 15.6 Å². The molecule has 2 nitrogen and oxygen atoms in total. The number of hydrogen-bond acceptors (Lipinski definition) is 3. The second kappa shape index (κ2) is 8.49. The third kappa shape index (κ3) is 4.20. The monoisotopic (exact) mass is 384 g/mol. The Morgan fingerprint density at radius 3 is 2.50 bits per heavy atom. The van der Waals surface area contributed by atoms with E-state index in [1.165, 1.54) is 32.2 Å². The van der Waals surface area contributed by atoms with E-state index in [1.54, 1.807) is 11.8 Å². The van der Waals surface area contributed by atoms with Crippen LogP contribution in [0.3, 0.4) is 0 Å². The molecular weight excluding hydrogens is 360 g/mol. The summed E-state index contributed by atoms with van der Waals surface area (Å²) in [6.45, 7) is 3.87. The molecule has 0 aromatic heterocycles. The molecule has 3 heteroatoms. The highest BCUT2D eigenvalue weighted by atomic mass is 32.2. The largest absolute Gasteiger partial charge is 0.372 e. The van der Waals surface area contributed by atoms with Gasteiger partial charge in [-0.15, -0.1) is 0 Å². The second-order valence-electron chi connectivity index (χ2n) is 6.99. The lowest BCUT2D eigenvalue weighted by atomic mass is 10.1. The van der Waals surface area contributed by atoms with Crippen LogP contribution in [0.15, 0.2) is 93.7 Å². The maximum atomic E-state index is 4.83. The number of aryl methyl sites for hydroxylation is 1. The Balaban J connectivity index is 1.63. The van der Waals surface area contributed by atoms with E-state index < -0.39 is 0 Å². The molecule has 0 N–H and O–H groups in total. The van der Waals surface area contributed by atoms with E-state index in [0.29, 0.717) is 0 Å². The summed E-state index contributed by atoms with van der Waals surface area (Å²) in [7, 11) is 2.13. The van der Waals surface area contributed by atoms with Crippen molar-refractivity contribution in [3.05, 3.63) is 95.6 Å². The first kappa shape index (κ1) is 18.6. The van der Waals surface area contributed by atoms with Gasteiger partial charge in [-0.3, -0.25) is 4.99 Å². The molecule has 1 aliphatic rings. The van der Waals surface area contributed by atoms with Gasteiger partial charge in [0.05, 0.1) is 12.3 Å². The van der Waals surface area contributed by atoms with Gasteiger partial charge in [-0.2, -0.15) is 0 Å². The fourth-order valence-corrected chi connectivity index (χ4v) is 4.23. The third-order valence-corrected chi connectivity index (χ3v) is 6.00. The standard InChI is InChI=1S/C25H24N2S/c1-19-11-14-21(15-12-19)28-25-10-6-3-7-20(25)13-16-23-22-8-4-5-9-24(22)27(2)18-17-26-23/h3-16H,17-18H2,1-2H3/b16-13+. The van der Waals surface area contributed by atoms with Gasteiger partial charge in [-0.05, 0) is 42.8 Å². The zero-order valence-corrected chi connectivity index (χ0v) is 17.1. The van der Waals surface area contributed by atoms with Crippen LogP contribution in [0, 0.1) is 6.92 Å². The Labute approximate surface area is 171 Å². The van der Waals surface area contributed by atoms with Crippen LogP contribution >= 0.6 is 11.8 Å². The number of aliphatic imine (C=N–C) groups is 1. The molecule has 0 saturated heterocycles. The highest BCUT2D eigenvalue weighted by Crippen LogP contribution is 2.31. The fraction of sp³-hybridized carbons (Fsp3) is 0.160. The van der Waals surface area contributed by atoms with E-state index in [4.69, 9.17) is 4.99 Å². The van der Waals surface area contributed by atoms with E-state index in [1.807, 2.05) is 0 Å². The highest BCUT2D eigenvalue weighted by Gasteiger charge is 2.13. The molecule has 4 rings (SSSR count). The molecule has 0 saturated carbocycles. The summed E-state index contributed by atoms with van der Waals surface area (Å²) < 4.78 is 0. The van der Waals surface area contributed by atoms with Crippen molar-refractivity contribution < 1.29 is 0 Å². The maximum absolute atomic E-state index is 4.83. The summed E-state index contributed by atoms with van der Waals surface area (Å²) in [5.74, 6) is 0. The number of benzodiazepines with no additional fused rings is 1. The molecule has 0 atom stereocenters. The van der Waals surface area contributed by atoms with E-state index in [0.717, 1.165) is 18.8 Å². The van der Waals surface area contributed by atoms with Crippen molar-refractivity contribution in [1.29, 1.82) is 0 Å². The molecule has 0 radical (unpaired) electrons. The molecule has 140 valence electrons. The van der Waals surface area contributed by atoms with Crippen molar-refractivity contribution in [2.24, 2.45) is 4.99 Å². The zero-order chi connectivity index (χ0) is 19.3. The van der Waals surface area contributed by atoms with Crippen LogP contribution in [-0.4, -0.2) is 25.8 Å². The number of anilines is 1. The van der Waals surface area contributed by atoms with Gasteiger partial charge in [0.1, 0.15) is 0 Å². The smallest absolute Gasteiger partial charge is 0.0668 e. The molecule has 3 aromatic rings. The first-order valence-electron chi connectivity index (χ1n) is 9.57. The minimum Gasteiger partial charge on any atom is -0.372 e. The van der Waals surface area contributed by atoms with Gasteiger partial charge in [0.25, 0.3) is 0 Å². The molecule has 0 unspecified atom stereocenters. The average Bonchev–Trinajstić information content (AvgIpc) is 2.88. The summed E-state index contributed by atoms with van der Waals surface area (Å²) >= 11 is 1.80. The zero-order valence-electron chi connectivity index (χ0n) is 16.3. The number of allylic oxidation sites excluding steroid dienone is 1. The number of nitrogens with zero attached hydrogens (tertiary/aromatic N) is 2. The van der Waals surface area contributed by atoms with Crippen LogP contribution in [0.5, 0.6) is 0 Å². The molecule has 1 heterocycles. The SMILES string of the molecule is Cc1ccc(Sc2ccccc2/C=C/C2=NCCN(C)c3ccccc32)cc1. The number of rotatable bonds is 4. The van der Waals surface area contributed by atoms with Crippen molar-refractivity contribution in [3.8, 4) is 0 Å². The van der Waals surface area contributed by atoms with Gasteiger partial charge in [0, 0.05) is 34.6 Å². The maximum Gasteiger partial charge on any atom is 0.0668 e. The van der Waals surface area contributed by atoms with E-state index in [9.17, 15) is 0 Å². The quantitative estimate of drug-likeness (QED) is 0.540. The van der Waals surface area contributed by atoms with Gasteiger partial charge < -0.3 is 4.90 Å². The minimum atomic E-state index is 0.810. The summed E-state index contributed by atoms with van der Waals surface area (Å²) in [5, 5.41) is 0. The normalized spacial score (nSPS) is 13.9. The van der Waals surface area contributed by atoms with Crippen LogP contribution in [0.2, 0.25) is 0 Å². The van der Waals surface area contributed by atoms with Gasteiger partial charge in [0.2, 0.25) is 0 Å². The van der Waals surface area contributed by atoms with Crippen LogP contribution in [0.1, 0.15) is 16.7 Å². The molecule has 0 aliphatic carbocycles. The van der Waals surface area contributed by atoms with E-state index in [2.05, 4.69) is 104 Å². The molecule has 3 aromatic carbocycles. The average molecular weight is 385 g/mol. The Hall–Kier alpha value is -2.78. The van der Waals surface area contributed by atoms with Crippen LogP contribution < -0.4 is 4.90 Å². The molecule has 0 spiro atoms. The summed E-state index contributed by atoms with van der Waals surface area (Å²) in [6, 6.07) is 25.7. The molecule has 1 aliphatic heterocycles. The molecule has 0 fully saturated rings. The summed E-state index contributed by atoms with van der Waals surface area (Å²) in [5.41, 5.74) is 5.99. The van der Waals surface area contributed by atoms with E-state index in [-0.39, 0.29) is 0 Å². The Morgan fingerprint density at radius 1 is 0.893 bits per heavy atom. The van der Waals surface area contributed by atoms with Crippen molar-refractivity contribution in [1.82, 2.24) is 0 Å². The van der Waals surface area contributed by atoms with E-state index >= 15 is 0 Å². The summed E-state index contributed by atoms with van der Waals surface area (Å²) in [6.07, 6.45) is 4.35. The first-order valence-corrected chi connectivity index (χ1v) is 10.4. The van der Waals surface area contributed by atoms with Crippen molar-refractivity contribution in [3.63, 3.8) is 0 Å². The predicted molar refractivity (Wildman–Crippen MR) is 122 cm³/mol. The van der Waals surface area contributed by atoms with Crippen LogP contribution in [0.25, 0.3) is 6.08 Å². The number of likely N-dealkylation sites (N-methyl/N-ethyl adjacent to an activating group) is 1. The van der Waals surface area contributed by atoms with Crippen molar-refractivity contribution >= 4 is 29.2 Å². The molecule has 0 amide bonds. The Bertz CT molecular complexity index is 1020. The Kier molecular flexibility index (Phi) is 5.63. The highest BCUT2D eigenvalue weighted by molar-refractivity contribution is 7.99. The number of para-hydroxylation sites is 1. The lowest BCUT2D eigenvalue weighted by molar-refractivity contribution is 0.897. The fourth-order valence-electron chi connectivity index (χ4n) is 3.30. The lowest BCUT2D eigenvalue weighted by Gasteiger charge is -2.18. The number of hydrogen-bond donors (Lipinski definition) is 0. The number of fused-ring (bicyclic) bond motifs is 1. The second-order valence-corrected chi connectivity index (χ2v) is 8.11. The summed E-state index contributed by atoms with van der Waals surface area (Å²) in [4.78, 5) is 9.62. The first-order chi connectivity index (χ1) is 13.7. The van der Waals surface area contributed by atoms with Crippen LogP contribution in [0.4, 0.5) is 5.69 Å². The van der Waals surface area contributed by atoms with Gasteiger partial charge in [-0.25, -0.2) is 0 Å². The number of benzene rings is 3. The molecular formula is C25H24N2S. The van der Waals surface area contributed by atoms with Gasteiger partial charge >= 0.3 is 0 Å². The van der Waals surface area contributed by atoms with Gasteiger partial charge in [-0.1, -0.05) is 71.9 Å². The molecule has 28 heavy (non-hydrogen) atoms. The molecule has 0 bridgehead atoms.